The molecule has 2 atom stereocenters. The fourth-order valence-electron chi connectivity index (χ4n) is 2.03. The van der Waals surface area contributed by atoms with Crippen molar-refractivity contribution in [1.82, 2.24) is 4.31 Å². The van der Waals surface area contributed by atoms with Gasteiger partial charge in [-0.1, -0.05) is 0 Å². The Bertz CT molecular complexity index is 545. The summed E-state index contributed by atoms with van der Waals surface area (Å²) >= 11 is 0. The molecule has 2 unspecified atom stereocenters. The molecule has 0 aromatic heterocycles. The molecule has 1 heterocycles. The van der Waals surface area contributed by atoms with Crippen LogP contribution in [-0.2, 0) is 24.3 Å². The van der Waals surface area contributed by atoms with E-state index in [4.69, 9.17) is 5.11 Å². The third-order valence-corrected chi connectivity index (χ3v) is 5.64. The predicted molar refractivity (Wildman–Crippen MR) is 62.7 cm³/mol. The van der Waals surface area contributed by atoms with Crippen LogP contribution in [0.5, 0.6) is 0 Å². The van der Waals surface area contributed by atoms with Gasteiger partial charge in [-0.3, -0.25) is 9.59 Å². The van der Waals surface area contributed by atoms with Gasteiger partial charge in [0.15, 0.2) is 10.7 Å². The van der Waals surface area contributed by atoms with E-state index < -0.39 is 58.3 Å². The molecule has 0 bridgehead atoms. The number of ether oxygens (including phenoxy) is 1. The zero-order valence-corrected chi connectivity index (χ0v) is 12.0. The Labute approximate surface area is 118 Å². The highest BCUT2D eigenvalue weighted by Crippen LogP contribution is 2.46. The molecule has 21 heavy (non-hydrogen) atoms. The summed E-state index contributed by atoms with van der Waals surface area (Å²) in [4.78, 5) is 22.2. The minimum Gasteiger partial charge on any atom is -0.481 e. The molecule has 11 heteroatoms. The summed E-state index contributed by atoms with van der Waals surface area (Å²) in [5.41, 5.74) is -3.16. The van der Waals surface area contributed by atoms with Crippen LogP contribution in [0.3, 0.4) is 0 Å². The van der Waals surface area contributed by atoms with Crippen LogP contribution in [0.4, 0.5) is 13.2 Å². The largest absolute Gasteiger partial charge is 0.481 e. The van der Waals surface area contributed by atoms with Gasteiger partial charge in [-0.05, 0) is 13.3 Å². The van der Waals surface area contributed by atoms with Crippen LogP contribution in [0.25, 0.3) is 0 Å². The molecule has 1 aliphatic rings. The van der Waals surface area contributed by atoms with E-state index in [1.165, 1.54) is 0 Å². The summed E-state index contributed by atoms with van der Waals surface area (Å²) in [6, 6.07) is 0. The maximum absolute atomic E-state index is 13.0. The molecule has 0 aromatic rings. The van der Waals surface area contributed by atoms with Gasteiger partial charge >= 0.3 is 18.1 Å². The zero-order chi connectivity index (χ0) is 16.6. The fourth-order valence-corrected chi connectivity index (χ4v) is 3.56. The first-order valence-electron chi connectivity index (χ1n) is 5.77. The van der Waals surface area contributed by atoms with Crippen molar-refractivity contribution in [2.24, 2.45) is 5.41 Å². The number of nitrogens with zero attached hydrogens (tertiary/aromatic N) is 1. The van der Waals surface area contributed by atoms with Crippen LogP contribution >= 0.6 is 0 Å². The van der Waals surface area contributed by atoms with E-state index in [9.17, 15) is 31.2 Å². The molecule has 0 aromatic carbocycles. The van der Waals surface area contributed by atoms with Crippen molar-refractivity contribution in [3.8, 4) is 0 Å². The van der Waals surface area contributed by atoms with Gasteiger partial charge in [-0.15, -0.1) is 0 Å². The Kier molecular flexibility index (Phi) is 4.59. The SMILES string of the molecule is COC(=O)C(C)S(=O)(=O)N1CCC(C(=O)O)(C(F)(F)F)C1. The smallest absolute Gasteiger partial charge is 0.406 e. The Hall–Kier alpha value is -1.36. The van der Waals surface area contributed by atoms with Gasteiger partial charge in [0.25, 0.3) is 0 Å². The summed E-state index contributed by atoms with van der Waals surface area (Å²) in [6.07, 6.45) is -6.00. The highest BCUT2D eigenvalue weighted by molar-refractivity contribution is 7.90. The highest BCUT2D eigenvalue weighted by Gasteiger charge is 2.65. The molecule has 122 valence electrons. The molecule has 0 spiro atoms. The van der Waals surface area contributed by atoms with Crippen LogP contribution in [0.2, 0.25) is 0 Å². The number of sulfonamides is 1. The maximum Gasteiger partial charge on any atom is 0.406 e. The monoisotopic (exact) mass is 333 g/mol. The third kappa shape index (κ3) is 2.84. The molecule has 1 fully saturated rings. The van der Waals surface area contributed by atoms with Crippen LogP contribution < -0.4 is 0 Å². The quantitative estimate of drug-likeness (QED) is 0.739. The number of alkyl halides is 3. The average molecular weight is 333 g/mol. The lowest BCUT2D eigenvalue weighted by Crippen LogP contribution is -2.49. The minimum atomic E-state index is -5.10. The molecule has 7 nitrogen and oxygen atoms in total. The van der Waals surface area contributed by atoms with Crippen molar-refractivity contribution in [2.75, 3.05) is 20.2 Å². The zero-order valence-electron chi connectivity index (χ0n) is 11.2. The summed E-state index contributed by atoms with van der Waals surface area (Å²) in [7, 11) is -3.48. The first-order valence-corrected chi connectivity index (χ1v) is 7.27. The van der Waals surface area contributed by atoms with E-state index in [-0.39, 0.29) is 0 Å². The first kappa shape index (κ1) is 17.7. The number of rotatable bonds is 4. The van der Waals surface area contributed by atoms with Gasteiger partial charge in [0, 0.05) is 13.1 Å². The number of hydrogen-bond acceptors (Lipinski definition) is 5. The second-order valence-electron chi connectivity index (χ2n) is 4.68. The molecule has 0 aliphatic carbocycles. The van der Waals surface area contributed by atoms with Gasteiger partial charge in [0.1, 0.15) is 0 Å². The molecule has 0 amide bonds. The number of hydrogen-bond donors (Lipinski definition) is 1. The molecular formula is C10H14F3NO6S. The second kappa shape index (κ2) is 5.44. The Morgan fingerprint density at radius 1 is 1.38 bits per heavy atom. The molecule has 1 saturated heterocycles. The van der Waals surface area contributed by atoms with Gasteiger partial charge in [0.2, 0.25) is 10.0 Å². The summed E-state index contributed by atoms with van der Waals surface area (Å²) in [5, 5.41) is 7.14. The van der Waals surface area contributed by atoms with E-state index >= 15 is 0 Å². The lowest BCUT2D eigenvalue weighted by Gasteiger charge is -2.27. The Morgan fingerprint density at radius 2 is 1.90 bits per heavy atom. The number of carbonyl (C=O) groups is 2. The number of esters is 1. The van der Waals surface area contributed by atoms with Crippen LogP contribution in [0.15, 0.2) is 0 Å². The normalized spacial score (nSPS) is 25.6. The van der Waals surface area contributed by atoms with Crippen molar-refractivity contribution in [3.05, 3.63) is 0 Å². The van der Waals surface area contributed by atoms with Crippen molar-refractivity contribution < 1.29 is 41.0 Å². The standard InChI is InChI=1S/C10H14F3NO6S/c1-6(7(15)20-2)21(18,19)14-4-3-9(5-14,8(16)17)10(11,12)13/h6H,3-5H2,1-2H3,(H,16,17). The highest BCUT2D eigenvalue weighted by atomic mass is 32.2. The van der Waals surface area contributed by atoms with E-state index in [1.54, 1.807) is 0 Å². The van der Waals surface area contributed by atoms with Crippen molar-refractivity contribution in [2.45, 2.75) is 24.8 Å². The minimum absolute atomic E-state index is 0.371. The number of carbonyl (C=O) groups excluding carboxylic acids is 1. The van der Waals surface area contributed by atoms with Crippen LogP contribution in [0.1, 0.15) is 13.3 Å². The van der Waals surface area contributed by atoms with Crippen molar-refractivity contribution in [3.63, 3.8) is 0 Å². The molecule has 0 radical (unpaired) electrons. The second-order valence-corrected chi connectivity index (χ2v) is 6.93. The number of carboxylic acid groups (broad SMARTS) is 1. The molecule has 1 N–H and O–H groups in total. The van der Waals surface area contributed by atoms with Crippen LogP contribution in [-0.4, -0.2) is 61.4 Å². The number of carboxylic acids is 1. The first-order chi connectivity index (χ1) is 9.40. The van der Waals surface area contributed by atoms with E-state index in [0.717, 1.165) is 14.0 Å². The van der Waals surface area contributed by atoms with Gasteiger partial charge in [0.05, 0.1) is 7.11 Å². The number of aliphatic carboxylic acids is 1. The molecule has 1 rings (SSSR count). The van der Waals surface area contributed by atoms with Crippen molar-refractivity contribution >= 4 is 22.0 Å². The molecule has 0 saturated carbocycles. The Balaban J connectivity index is 3.11. The van der Waals surface area contributed by atoms with Gasteiger partial charge in [-0.2, -0.15) is 17.5 Å². The topological polar surface area (TPSA) is 101 Å². The fraction of sp³-hybridized carbons (Fsp3) is 0.800. The van der Waals surface area contributed by atoms with Gasteiger partial charge < -0.3 is 9.84 Å². The van der Waals surface area contributed by atoms with Crippen molar-refractivity contribution in [1.29, 1.82) is 0 Å². The van der Waals surface area contributed by atoms with Gasteiger partial charge in [-0.25, -0.2) is 8.42 Å². The van der Waals surface area contributed by atoms with E-state index in [0.29, 0.717) is 4.31 Å². The third-order valence-electron chi connectivity index (χ3n) is 3.53. The molecule has 1 aliphatic heterocycles. The average Bonchev–Trinajstić information content (AvgIpc) is 2.83. The Morgan fingerprint density at radius 3 is 2.24 bits per heavy atom. The van der Waals surface area contributed by atoms with E-state index in [1.807, 2.05) is 0 Å². The van der Waals surface area contributed by atoms with E-state index in [2.05, 4.69) is 4.74 Å². The lowest BCUT2D eigenvalue weighted by atomic mass is 9.86. The summed E-state index contributed by atoms with van der Waals surface area (Å²) < 4.78 is 67.6. The number of methoxy groups -OCH3 is 1. The molecular weight excluding hydrogens is 319 g/mol. The maximum atomic E-state index is 13.0. The van der Waals surface area contributed by atoms with Crippen LogP contribution in [0, 0.1) is 5.41 Å². The number of halogens is 3. The predicted octanol–water partition coefficient (Wildman–Crippen LogP) is 0.217. The summed E-state index contributed by atoms with van der Waals surface area (Å²) in [5.74, 6) is -3.27. The summed E-state index contributed by atoms with van der Waals surface area (Å²) in [6.45, 7) is -0.916. The lowest BCUT2D eigenvalue weighted by molar-refractivity contribution is -0.226.